The van der Waals surface area contributed by atoms with Crippen molar-refractivity contribution in [2.75, 3.05) is 50.8 Å². The second-order valence-electron chi connectivity index (χ2n) is 5.10. The quantitative estimate of drug-likeness (QED) is 0.654. The average Bonchev–Trinajstić information content (AvgIpc) is 2.55. The van der Waals surface area contributed by atoms with Crippen LogP contribution in [0.3, 0.4) is 0 Å². The molecule has 0 bridgehead atoms. The lowest BCUT2D eigenvalue weighted by Gasteiger charge is -2.36. The molecule has 0 aromatic carbocycles. The smallest absolute Gasteiger partial charge is 0.343 e. The number of carbonyl (C=O) groups excluding carboxylic acids is 1. The normalized spacial score (nSPS) is 17.3. The van der Waals surface area contributed by atoms with Gasteiger partial charge in [-0.15, -0.1) is 0 Å². The predicted octanol–water partition coefficient (Wildman–Crippen LogP) is -0.871. The lowest BCUT2D eigenvalue weighted by Crippen LogP contribution is -2.49. The van der Waals surface area contributed by atoms with Crippen LogP contribution in [0.4, 0.5) is 5.82 Å². The summed E-state index contributed by atoms with van der Waals surface area (Å²) in [5.74, 6) is 0.159. The summed E-state index contributed by atoms with van der Waals surface area (Å²) in [6.07, 6.45) is 2.17. The molecule has 2 rings (SSSR count). The standard InChI is InChI=1S/C14H22N4O4/c1-2-22-14(21)12-7-15-10-16-13(12)18-5-3-17(4-6-18)8-11(20)9-19/h7,10-11,19-20H,2-6,8-9H2,1H3. The highest BCUT2D eigenvalue weighted by molar-refractivity contribution is 5.94. The summed E-state index contributed by atoms with van der Waals surface area (Å²) in [5, 5.41) is 18.4. The highest BCUT2D eigenvalue weighted by Gasteiger charge is 2.24. The first-order chi connectivity index (χ1) is 10.7. The lowest BCUT2D eigenvalue weighted by molar-refractivity contribution is 0.0524. The van der Waals surface area contributed by atoms with E-state index in [4.69, 9.17) is 9.84 Å². The zero-order chi connectivity index (χ0) is 15.9. The fraction of sp³-hybridized carbons (Fsp3) is 0.643. The van der Waals surface area contributed by atoms with Gasteiger partial charge in [0.2, 0.25) is 0 Å². The number of aromatic nitrogens is 2. The molecule has 8 heteroatoms. The van der Waals surface area contributed by atoms with Gasteiger partial charge >= 0.3 is 5.97 Å². The van der Waals surface area contributed by atoms with E-state index in [1.807, 2.05) is 4.90 Å². The fourth-order valence-corrected chi connectivity index (χ4v) is 2.43. The number of ether oxygens (including phenoxy) is 1. The third-order valence-electron chi connectivity index (χ3n) is 3.54. The number of hydrogen-bond acceptors (Lipinski definition) is 8. The number of hydrogen-bond donors (Lipinski definition) is 2. The van der Waals surface area contributed by atoms with Crippen molar-refractivity contribution in [3.63, 3.8) is 0 Å². The number of β-amino-alcohol motifs (C(OH)–C–C–N with tert-alkyl or cyclic N) is 1. The molecule has 1 atom stereocenters. The van der Waals surface area contributed by atoms with Gasteiger partial charge in [-0.3, -0.25) is 4.90 Å². The third kappa shape index (κ3) is 4.12. The van der Waals surface area contributed by atoms with Gasteiger partial charge in [-0.05, 0) is 6.92 Å². The van der Waals surface area contributed by atoms with Crippen LogP contribution in [0.5, 0.6) is 0 Å². The van der Waals surface area contributed by atoms with Gasteiger partial charge in [-0.1, -0.05) is 0 Å². The molecular weight excluding hydrogens is 288 g/mol. The number of anilines is 1. The van der Waals surface area contributed by atoms with E-state index in [1.54, 1.807) is 6.92 Å². The number of carbonyl (C=O) groups is 1. The maximum Gasteiger partial charge on any atom is 0.343 e. The summed E-state index contributed by atoms with van der Waals surface area (Å²) < 4.78 is 5.03. The molecule has 1 aromatic rings. The molecule has 0 aliphatic carbocycles. The first kappa shape index (κ1) is 16.6. The van der Waals surface area contributed by atoms with Crippen LogP contribution in [0, 0.1) is 0 Å². The second kappa shape index (κ2) is 8.02. The number of aliphatic hydroxyl groups excluding tert-OH is 2. The first-order valence-corrected chi connectivity index (χ1v) is 7.39. The van der Waals surface area contributed by atoms with Gasteiger partial charge in [0.25, 0.3) is 0 Å². The van der Waals surface area contributed by atoms with E-state index in [2.05, 4.69) is 14.9 Å². The van der Waals surface area contributed by atoms with Crippen molar-refractivity contribution < 1.29 is 19.7 Å². The van der Waals surface area contributed by atoms with Gasteiger partial charge in [0.05, 0.1) is 19.3 Å². The molecular formula is C14H22N4O4. The number of rotatable bonds is 6. The summed E-state index contributed by atoms with van der Waals surface area (Å²) in [5.41, 5.74) is 0.369. The Morgan fingerprint density at radius 2 is 2.14 bits per heavy atom. The minimum atomic E-state index is -0.722. The topological polar surface area (TPSA) is 99.0 Å². The van der Waals surface area contributed by atoms with E-state index in [-0.39, 0.29) is 6.61 Å². The highest BCUT2D eigenvalue weighted by atomic mass is 16.5. The molecule has 1 aliphatic rings. The number of nitrogens with zero attached hydrogens (tertiary/aromatic N) is 4. The van der Waals surface area contributed by atoms with Crippen molar-refractivity contribution in [1.82, 2.24) is 14.9 Å². The second-order valence-corrected chi connectivity index (χ2v) is 5.10. The van der Waals surface area contributed by atoms with Gasteiger partial charge in [-0.25, -0.2) is 14.8 Å². The summed E-state index contributed by atoms with van der Waals surface area (Å²) in [4.78, 5) is 24.2. The lowest BCUT2D eigenvalue weighted by atomic mass is 10.2. The summed E-state index contributed by atoms with van der Waals surface area (Å²) in [6.45, 7) is 5.08. The van der Waals surface area contributed by atoms with E-state index >= 15 is 0 Å². The van der Waals surface area contributed by atoms with Crippen LogP contribution < -0.4 is 4.90 Å². The van der Waals surface area contributed by atoms with Crippen molar-refractivity contribution in [3.05, 3.63) is 18.1 Å². The van der Waals surface area contributed by atoms with E-state index in [0.29, 0.717) is 37.6 Å². The van der Waals surface area contributed by atoms with Crippen molar-refractivity contribution in [1.29, 1.82) is 0 Å². The molecule has 0 radical (unpaired) electrons. The molecule has 2 heterocycles. The van der Waals surface area contributed by atoms with Gasteiger partial charge in [0, 0.05) is 38.9 Å². The summed E-state index contributed by atoms with van der Waals surface area (Å²) >= 11 is 0. The molecule has 1 unspecified atom stereocenters. The average molecular weight is 310 g/mol. The highest BCUT2D eigenvalue weighted by Crippen LogP contribution is 2.19. The van der Waals surface area contributed by atoms with Gasteiger partial charge in [0.1, 0.15) is 17.7 Å². The Labute approximate surface area is 129 Å². The Balaban J connectivity index is 2.01. The minimum absolute atomic E-state index is 0.237. The first-order valence-electron chi connectivity index (χ1n) is 7.39. The summed E-state index contributed by atoms with van der Waals surface area (Å²) in [6, 6.07) is 0. The monoisotopic (exact) mass is 310 g/mol. The Kier molecular flexibility index (Phi) is 6.05. The van der Waals surface area contributed by atoms with Crippen molar-refractivity contribution in [3.8, 4) is 0 Å². The van der Waals surface area contributed by atoms with Crippen LogP contribution in [-0.4, -0.2) is 83.1 Å². The molecule has 0 saturated carbocycles. The molecule has 1 fully saturated rings. The SMILES string of the molecule is CCOC(=O)c1cncnc1N1CCN(CC(O)CO)CC1. The van der Waals surface area contributed by atoms with Crippen LogP contribution in [0.15, 0.2) is 12.5 Å². The van der Waals surface area contributed by atoms with Gasteiger partial charge < -0.3 is 19.8 Å². The maximum atomic E-state index is 12.0. The van der Waals surface area contributed by atoms with E-state index in [9.17, 15) is 9.90 Å². The minimum Gasteiger partial charge on any atom is -0.462 e. The van der Waals surface area contributed by atoms with Gasteiger partial charge in [-0.2, -0.15) is 0 Å². The van der Waals surface area contributed by atoms with Crippen LogP contribution in [0.2, 0.25) is 0 Å². The Bertz CT molecular complexity index is 491. The zero-order valence-corrected chi connectivity index (χ0v) is 12.7. The fourth-order valence-electron chi connectivity index (χ4n) is 2.43. The maximum absolute atomic E-state index is 12.0. The molecule has 122 valence electrons. The molecule has 22 heavy (non-hydrogen) atoms. The Morgan fingerprint density at radius 1 is 1.41 bits per heavy atom. The van der Waals surface area contributed by atoms with E-state index in [0.717, 1.165) is 13.1 Å². The van der Waals surface area contributed by atoms with E-state index in [1.165, 1.54) is 12.5 Å². The number of esters is 1. The van der Waals surface area contributed by atoms with Crippen LogP contribution >= 0.6 is 0 Å². The molecule has 2 N–H and O–H groups in total. The molecule has 1 aliphatic heterocycles. The van der Waals surface area contributed by atoms with Crippen molar-refractivity contribution in [2.45, 2.75) is 13.0 Å². The van der Waals surface area contributed by atoms with Gasteiger partial charge in [0.15, 0.2) is 0 Å². The van der Waals surface area contributed by atoms with Crippen molar-refractivity contribution >= 4 is 11.8 Å². The molecule has 0 spiro atoms. The third-order valence-corrected chi connectivity index (χ3v) is 3.54. The number of aliphatic hydroxyl groups is 2. The molecule has 8 nitrogen and oxygen atoms in total. The molecule has 1 aromatic heterocycles. The molecule has 0 amide bonds. The van der Waals surface area contributed by atoms with E-state index < -0.39 is 12.1 Å². The predicted molar refractivity (Wildman–Crippen MR) is 79.7 cm³/mol. The Hall–Kier alpha value is -1.77. The van der Waals surface area contributed by atoms with Crippen LogP contribution in [-0.2, 0) is 4.74 Å². The van der Waals surface area contributed by atoms with Crippen LogP contribution in [0.1, 0.15) is 17.3 Å². The Morgan fingerprint density at radius 3 is 2.77 bits per heavy atom. The van der Waals surface area contributed by atoms with Crippen molar-refractivity contribution in [2.24, 2.45) is 0 Å². The summed E-state index contributed by atoms with van der Waals surface area (Å²) in [7, 11) is 0. The largest absolute Gasteiger partial charge is 0.462 e. The van der Waals surface area contributed by atoms with Crippen LogP contribution in [0.25, 0.3) is 0 Å². The number of piperazine rings is 1. The zero-order valence-electron chi connectivity index (χ0n) is 12.7. The molecule has 1 saturated heterocycles.